The molecule has 0 amide bonds. The molecule has 0 aromatic heterocycles. The van der Waals surface area contributed by atoms with Crippen molar-refractivity contribution in [3.8, 4) is 17.6 Å². The highest BCUT2D eigenvalue weighted by molar-refractivity contribution is 5.44. The number of hydrogen-bond acceptors (Lipinski definition) is 2. The van der Waals surface area contributed by atoms with Gasteiger partial charge >= 0.3 is 0 Å². The minimum absolute atomic E-state index is 0.202. The summed E-state index contributed by atoms with van der Waals surface area (Å²) in [5.74, 6) is 5.96. The Bertz CT molecular complexity index is 550. The largest absolute Gasteiger partial charge is 0.507 e. The minimum Gasteiger partial charge on any atom is -0.507 e. The Kier molecular flexibility index (Phi) is 4.40. The van der Waals surface area contributed by atoms with Gasteiger partial charge in [-0.3, -0.25) is 0 Å². The van der Waals surface area contributed by atoms with E-state index in [2.05, 4.69) is 11.8 Å². The standard InChI is InChI=1S/C16H14O2/c17-16-11-5-4-9-15(16)10-6-12-18-13-14-7-2-1-3-8-14/h1-5,7-9,11,17H,12-13H2. The number of phenols is 1. The highest BCUT2D eigenvalue weighted by atomic mass is 16.5. The zero-order chi connectivity index (χ0) is 12.6. The molecule has 0 bridgehead atoms. The topological polar surface area (TPSA) is 29.5 Å². The van der Waals surface area contributed by atoms with Crippen LogP contribution in [-0.2, 0) is 11.3 Å². The Balaban J connectivity index is 1.82. The molecule has 0 radical (unpaired) electrons. The number of aromatic hydroxyl groups is 1. The maximum Gasteiger partial charge on any atom is 0.131 e. The van der Waals surface area contributed by atoms with Crippen molar-refractivity contribution in [3.05, 3.63) is 65.7 Å². The zero-order valence-electron chi connectivity index (χ0n) is 9.97. The van der Waals surface area contributed by atoms with Crippen LogP contribution in [0, 0.1) is 11.8 Å². The summed E-state index contributed by atoms with van der Waals surface area (Å²) in [6.45, 7) is 0.902. The number of para-hydroxylation sites is 1. The van der Waals surface area contributed by atoms with E-state index in [1.807, 2.05) is 36.4 Å². The molecule has 0 aliphatic rings. The maximum atomic E-state index is 9.50. The van der Waals surface area contributed by atoms with Crippen LogP contribution in [0.2, 0.25) is 0 Å². The van der Waals surface area contributed by atoms with Gasteiger partial charge in [0.2, 0.25) is 0 Å². The van der Waals surface area contributed by atoms with Crippen LogP contribution in [0.5, 0.6) is 5.75 Å². The molecular formula is C16H14O2. The van der Waals surface area contributed by atoms with Crippen LogP contribution in [0.15, 0.2) is 54.6 Å². The van der Waals surface area contributed by atoms with Crippen LogP contribution in [0.3, 0.4) is 0 Å². The number of rotatable bonds is 3. The van der Waals surface area contributed by atoms with Gasteiger partial charge in [-0.25, -0.2) is 0 Å². The first-order valence-corrected chi connectivity index (χ1v) is 5.75. The maximum absolute atomic E-state index is 9.50. The first-order valence-electron chi connectivity index (χ1n) is 5.75. The summed E-state index contributed by atoms with van der Waals surface area (Å²) in [5, 5.41) is 9.50. The summed E-state index contributed by atoms with van der Waals surface area (Å²) in [5.41, 5.74) is 1.75. The second-order valence-corrected chi connectivity index (χ2v) is 3.80. The van der Waals surface area contributed by atoms with Crippen LogP contribution in [-0.4, -0.2) is 11.7 Å². The van der Waals surface area contributed by atoms with E-state index in [9.17, 15) is 5.11 Å². The average molecular weight is 238 g/mol. The van der Waals surface area contributed by atoms with E-state index in [-0.39, 0.29) is 5.75 Å². The molecule has 2 aromatic carbocycles. The van der Waals surface area contributed by atoms with Gasteiger partial charge < -0.3 is 9.84 Å². The molecule has 90 valence electrons. The lowest BCUT2D eigenvalue weighted by molar-refractivity contribution is 0.153. The Morgan fingerprint density at radius 2 is 1.67 bits per heavy atom. The summed E-state index contributed by atoms with van der Waals surface area (Å²) in [6.07, 6.45) is 0. The van der Waals surface area contributed by atoms with Crippen molar-refractivity contribution in [1.29, 1.82) is 0 Å². The lowest BCUT2D eigenvalue weighted by Crippen LogP contribution is -1.92. The zero-order valence-corrected chi connectivity index (χ0v) is 9.97. The average Bonchev–Trinajstić information content (AvgIpc) is 2.42. The second kappa shape index (κ2) is 6.48. The van der Waals surface area contributed by atoms with Crippen molar-refractivity contribution < 1.29 is 9.84 Å². The molecule has 0 saturated carbocycles. The lowest BCUT2D eigenvalue weighted by atomic mass is 10.2. The molecule has 0 spiro atoms. The Morgan fingerprint density at radius 3 is 2.44 bits per heavy atom. The molecule has 2 heteroatoms. The molecule has 0 heterocycles. The van der Waals surface area contributed by atoms with Gasteiger partial charge in [-0.05, 0) is 17.7 Å². The number of phenolic OH excluding ortho intramolecular Hbond substituents is 1. The number of hydrogen-bond donors (Lipinski definition) is 1. The van der Waals surface area contributed by atoms with E-state index in [1.54, 1.807) is 18.2 Å². The smallest absolute Gasteiger partial charge is 0.131 e. The molecule has 1 N–H and O–H groups in total. The van der Waals surface area contributed by atoms with Gasteiger partial charge in [-0.2, -0.15) is 0 Å². The molecule has 0 saturated heterocycles. The SMILES string of the molecule is Oc1ccccc1C#CCOCc1ccccc1. The molecule has 2 aromatic rings. The highest BCUT2D eigenvalue weighted by Gasteiger charge is 1.93. The Hall–Kier alpha value is -2.24. The third kappa shape index (κ3) is 3.65. The van der Waals surface area contributed by atoms with Crippen LogP contribution in [0.1, 0.15) is 11.1 Å². The molecule has 0 aliphatic heterocycles. The van der Waals surface area contributed by atoms with E-state index in [0.717, 1.165) is 5.56 Å². The van der Waals surface area contributed by atoms with Crippen molar-refractivity contribution in [2.45, 2.75) is 6.61 Å². The van der Waals surface area contributed by atoms with E-state index in [1.165, 1.54) is 0 Å². The first kappa shape index (κ1) is 12.2. The van der Waals surface area contributed by atoms with Crippen molar-refractivity contribution in [2.75, 3.05) is 6.61 Å². The summed E-state index contributed by atoms with van der Waals surface area (Å²) >= 11 is 0. The summed E-state index contributed by atoms with van der Waals surface area (Å²) in [6, 6.07) is 17.0. The van der Waals surface area contributed by atoms with E-state index in [0.29, 0.717) is 18.8 Å². The molecule has 0 unspecified atom stereocenters. The van der Waals surface area contributed by atoms with Crippen molar-refractivity contribution in [2.24, 2.45) is 0 Å². The van der Waals surface area contributed by atoms with Crippen molar-refractivity contribution in [1.82, 2.24) is 0 Å². The van der Waals surface area contributed by atoms with Crippen LogP contribution in [0.4, 0.5) is 0 Å². The van der Waals surface area contributed by atoms with Crippen molar-refractivity contribution >= 4 is 0 Å². The van der Waals surface area contributed by atoms with Gasteiger partial charge in [0, 0.05) is 0 Å². The molecule has 0 aliphatic carbocycles. The van der Waals surface area contributed by atoms with Crippen LogP contribution >= 0.6 is 0 Å². The van der Waals surface area contributed by atoms with Gasteiger partial charge in [0.05, 0.1) is 12.2 Å². The molecule has 0 fully saturated rings. The number of benzene rings is 2. The molecule has 0 atom stereocenters. The minimum atomic E-state index is 0.202. The Morgan fingerprint density at radius 1 is 0.944 bits per heavy atom. The van der Waals surface area contributed by atoms with Gasteiger partial charge in [-0.1, -0.05) is 54.3 Å². The third-order valence-corrected chi connectivity index (χ3v) is 2.41. The van der Waals surface area contributed by atoms with Gasteiger partial charge in [0.15, 0.2) is 0 Å². The van der Waals surface area contributed by atoms with Gasteiger partial charge in [0.25, 0.3) is 0 Å². The van der Waals surface area contributed by atoms with Gasteiger partial charge in [-0.15, -0.1) is 0 Å². The van der Waals surface area contributed by atoms with Crippen LogP contribution < -0.4 is 0 Å². The fraction of sp³-hybridized carbons (Fsp3) is 0.125. The van der Waals surface area contributed by atoms with E-state index < -0.39 is 0 Å². The number of ether oxygens (including phenoxy) is 1. The Labute approximate surface area is 107 Å². The van der Waals surface area contributed by atoms with E-state index in [4.69, 9.17) is 4.74 Å². The third-order valence-electron chi connectivity index (χ3n) is 2.41. The molecule has 18 heavy (non-hydrogen) atoms. The van der Waals surface area contributed by atoms with Crippen molar-refractivity contribution in [3.63, 3.8) is 0 Å². The fourth-order valence-corrected chi connectivity index (χ4v) is 1.50. The predicted molar refractivity (Wildman–Crippen MR) is 71.1 cm³/mol. The lowest BCUT2D eigenvalue weighted by Gasteiger charge is -1.99. The normalized spacial score (nSPS) is 9.56. The highest BCUT2D eigenvalue weighted by Crippen LogP contribution is 2.13. The molecule has 2 rings (SSSR count). The van der Waals surface area contributed by atoms with E-state index >= 15 is 0 Å². The summed E-state index contributed by atoms with van der Waals surface area (Å²) in [7, 11) is 0. The summed E-state index contributed by atoms with van der Waals surface area (Å²) in [4.78, 5) is 0. The quantitative estimate of drug-likeness (QED) is 0.658. The summed E-state index contributed by atoms with van der Waals surface area (Å²) < 4.78 is 5.43. The predicted octanol–water partition coefficient (Wildman–Crippen LogP) is 2.96. The van der Waals surface area contributed by atoms with Crippen LogP contribution in [0.25, 0.3) is 0 Å². The molecular weight excluding hydrogens is 224 g/mol. The monoisotopic (exact) mass is 238 g/mol. The first-order chi connectivity index (χ1) is 8.86. The van der Waals surface area contributed by atoms with Gasteiger partial charge in [0.1, 0.15) is 12.4 Å². The fourth-order valence-electron chi connectivity index (χ4n) is 1.50. The molecule has 2 nitrogen and oxygen atoms in total. The second-order valence-electron chi connectivity index (χ2n) is 3.80.